The Hall–Kier alpha value is -2.81. The zero-order valence-corrected chi connectivity index (χ0v) is 18.8. The molecule has 2 aromatic rings. The van der Waals surface area contributed by atoms with E-state index in [0.29, 0.717) is 29.5 Å². The maximum atomic E-state index is 11.9. The lowest BCUT2D eigenvalue weighted by Crippen LogP contribution is -2.43. The Bertz CT molecular complexity index is 927. The van der Waals surface area contributed by atoms with Crippen molar-refractivity contribution >= 4 is 35.3 Å². The molecule has 162 valence electrons. The van der Waals surface area contributed by atoms with Crippen molar-refractivity contribution in [3.8, 4) is 0 Å². The van der Waals surface area contributed by atoms with E-state index in [1.165, 1.54) is 11.8 Å². The summed E-state index contributed by atoms with van der Waals surface area (Å²) in [6, 6.07) is 7.55. The van der Waals surface area contributed by atoms with Gasteiger partial charge in [-0.1, -0.05) is 44.7 Å². The van der Waals surface area contributed by atoms with Crippen LogP contribution in [0.4, 0.5) is 16.3 Å². The molecule has 1 heterocycles. The quantitative estimate of drug-likeness (QED) is 0.367. The van der Waals surface area contributed by atoms with E-state index in [2.05, 4.69) is 20.6 Å². The third kappa shape index (κ3) is 6.35. The number of aryl methyl sites for hydroxylation is 2. The summed E-state index contributed by atoms with van der Waals surface area (Å²) < 4.78 is 0. The number of amides is 2. The highest BCUT2D eigenvalue weighted by atomic mass is 32.2. The maximum Gasteiger partial charge on any atom is 0.404 e. The number of carbonyl (C=O) groups excluding carboxylic acids is 1. The van der Waals surface area contributed by atoms with Gasteiger partial charge in [0.15, 0.2) is 5.16 Å². The number of benzene rings is 1. The Morgan fingerprint density at radius 3 is 2.53 bits per heavy atom. The van der Waals surface area contributed by atoms with Crippen molar-refractivity contribution < 1.29 is 14.7 Å². The van der Waals surface area contributed by atoms with Crippen molar-refractivity contribution in [1.82, 2.24) is 15.3 Å². The Kier molecular flexibility index (Phi) is 7.66. The Morgan fingerprint density at radius 1 is 1.27 bits per heavy atom. The molecule has 0 saturated heterocycles. The average Bonchev–Trinajstić information content (AvgIpc) is 2.63. The summed E-state index contributed by atoms with van der Waals surface area (Å²) in [5.41, 5.74) is 7.92. The van der Waals surface area contributed by atoms with Crippen LogP contribution in [0, 0.1) is 12.3 Å². The predicted molar refractivity (Wildman–Crippen MR) is 120 cm³/mol. The second-order valence-corrected chi connectivity index (χ2v) is 8.89. The molecule has 5 N–H and O–H groups in total. The van der Waals surface area contributed by atoms with Crippen LogP contribution in [0.25, 0.3) is 0 Å². The van der Waals surface area contributed by atoms with Gasteiger partial charge in [0.1, 0.15) is 11.4 Å². The summed E-state index contributed by atoms with van der Waals surface area (Å²) in [4.78, 5) is 31.7. The fourth-order valence-corrected chi connectivity index (χ4v) is 3.56. The number of carboxylic acid groups (broad SMARTS) is 1. The second kappa shape index (κ2) is 9.80. The van der Waals surface area contributed by atoms with Gasteiger partial charge in [0.05, 0.1) is 5.69 Å². The summed E-state index contributed by atoms with van der Waals surface area (Å²) in [5.74, 6) is -0.219. The molecule has 1 aromatic heterocycles. The Labute approximate surface area is 181 Å². The predicted octanol–water partition coefficient (Wildman–Crippen LogP) is 3.96. The minimum absolute atomic E-state index is 0.179. The first-order chi connectivity index (χ1) is 14.0. The van der Waals surface area contributed by atoms with E-state index in [0.717, 1.165) is 11.3 Å². The molecule has 0 aliphatic heterocycles. The SMILES string of the molecule is CSc1nc(C)c(C(N)=O)c(Nc2cccc(CCC(NC(=O)O)C(C)(C)C)c2)n1. The number of rotatable bonds is 8. The van der Waals surface area contributed by atoms with Crippen molar-refractivity contribution in [2.45, 2.75) is 51.7 Å². The standard InChI is InChI=1S/C21H29N5O3S/c1-12-16(17(22)27)18(26-19(23-12)30-5)24-14-8-6-7-13(11-14)9-10-15(21(2,3)4)25-20(28)29/h6-8,11,15,25H,9-10H2,1-5H3,(H2,22,27)(H,28,29)(H,23,24,26). The van der Waals surface area contributed by atoms with E-state index >= 15 is 0 Å². The minimum atomic E-state index is -1.02. The molecule has 0 radical (unpaired) electrons. The lowest BCUT2D eigenvalue weighted by Gasteiger charge is -2.30. The summed E-state index contributed by atoms with van der Waals surface area (Å²) in [7, 11) is 0. The largest absolute Gasteiger partial charge is 0.465 e. The molecule has 0 spiro atoms. The van der Waals surface area contributed by atoms with Crippen molar-refractivity contribution in [2.75, 3.05) is 11.6 Å². The number of primary amides is 1. The summed E-state index contributed by atoms with van der Waals surface area (Å²) in [6.07, 6.45) is 2.20. The van der Waals surface area contributed by atoms with Crippen LogP contribution in [0.3, 0.4) is 0 Å². The van der Waals surface area contributed by atoms with Gasteiger partial charge in [-0.3, -0.25) is 4.79 Å². The van der Waals surface area contributed by atoms with Crippen LogP contribution in [0.2, 0.25) is 0 Å². The zero-order valence-electron chi connectivity index (χ0n) is 17.9. The third-order valence-electron chi connectivity index (χ3n) is 4.75. The first kappa shape index (κ1) is 23.5. The van der Waals surface area contributed by atoms with E-state index in [1.54, 1.807) is 6.92 Å². The topological polar surface area (TPSA) is 130 Å². The van der Waals surface area contributed by atoms with Crippen LogP contribution in [0.1, 0.15) is 48.8 Å². The first-order valence-corrected chi connectivity index (χ1v) is 10.8. The number of nitrogens with zero attached hydrogens (tertiary/aromatic N) is 2. The number of aromatic nitrogens is 2. The van der Waals surface area contributed by atoms with Crippen LogP contribution in [0.5, 0.6) is 0 Å². The zero-order chi connectivity index (χ0) is 22.5. The normalized spacial score (nSPS) is 12.3. The smallest absolute Gasteiger partial charge is 0.404 e. The highest BCUT2D eigenvalue weighted by Gasteiger charge is 2.26. The molecule has 1 atom stereocenters. The van der Waals surface area contributed by atoms with E-state index < -0.39 is 12.0 Å². The fraction of sp³-hybridized carbons (Fsp3) is 0.429. The van der Waals surface area contributed by atoms with E-state index in [9.17, 15) is 9.59 Å². The summed E-state index contributed by atoms with van der Waals surface area (Å²) in [6.45, 7) is 7.76. The van der Waals surface area contributed by atoms with E-state index in [4.69, 9.17) is 10.8 Å². The summed E-state index contributed by atoms with van der Waals surface area (Å²) in [5, 5.41) is 15.5. The van der Waals surface area contributed by atoms with Crippen LogP contribution in [0.15, 0.2) is 29.4 Å². The number of anilines is 2. The molecule has 0 aliphatic carbocycles. The molecule has 2 amide bonds. The average molecular weight is 432 g/mol. The van der Waals surface area contributed by atoms with Crippen molar-refractivity contribution in [3.63, 3.8) is 0 Å². The van der Waals surface area contributed by atoms with Gasteiger partial charge in [-0.15, -0.1) is 0 Å². The maximum absolute atomic E-state index is 11.9. The molecule has 0 fully saturated rings. The highest BCUT2D eigenvalue weighted by Crippen LogP contribution is 2.26. The van der Waals surface area contributed by atoms with Crippen LogP contribution >= 0.6 is 11.8 Å². The number of thioether (sulfide) groups is 1. The first-order valence-electron chi connectivity index (χ1n) is 9.59. The molecule has 2 rings (SSSR count). The van der Waals surface area contributed by atoms with Gasteiger partial charge in [0, 0.05) is 11.7 Å². The van der Waals surface area contributed by atoms with Crippen LogP contribution in [-0.2, 0) is 6.42 Å². The van der Waals surface area contributed by atoms with Gasteiger partial charge < -0.3 is 21.5 Å². The molecule has 1 unspecified atom stereocenters. The molecule has 30 heavy (non-hydrogen) atoms. The lowest BCUT2D eigenvalue weighted by molar-refractivity contribution is 0.0999. The number of hydrogen-bond acceptors (Lipinski definition) is 6. The van der Waals surface area contributed by atoms with Gasteiger partial charge in [0.25, 0.3) is 5.91 Å². The van der Waals surface area contributed by atoms with Crippen molar-refractivity contribution in [3.05, 3.63) is 41.1 Å². The number of carbonyl (C=O) groups is 2. The van der Waals surface area contributed by atoms with Gasteiger partial charge in [0.2, 0.25) is 0 Å². The van der Waals surface area contributed by atoms with Gasteiger partial charge in [-0.25, -0.2) is 14.8 Å². The van der Waals surface area contributed by atoms with Crippen molar-refractivity contribution in [2.24, 2.45) is 11.1 Å². The Balaban J connectivity index is 2.23. The number of nitrogens with two attached hydrogens (primary N) is 1. The molecule has 0 aliphatic rings. The molecular weight excluding hydrogens is 402 g/mol. The number of hydrogen-bond donors (Lipinski definition) is 4. The van der Waals surface area contributed by atoms with E-state index in [-0.39, 0.29) is 17.0 Å². The molecule has 1 aromatic carbocycles. The fourth-order valence-electron chi connectivity index (χ4n) is 3.15. The van der Waals surface area contributed by atoms with Crippen LogP contribution < -0.4 is 16.4 Å². The van der Waals surface area contributed by atoms with E-state index in [1.807, 2.05) is 51.3 Å². The minimum Gasteiger partial charge on any atom is -0.465 e. The highest BCUT2D eigenvalue weighted by molar-refractivity contribution is 7.98. The molecule has 0 saturated carbocycles. The number of nitrogens with one attached hydrogen (secondary N) is 2. The summed E-state index contributed by atoms with van der Waals surface area (Å²) >= 11 is 1.38. The van der Waals surface area contributed by atoms with Gasteiger partial charge in [-0.05, 0) is 49.1 Å². The molecule has 8 nitrogen and oxygen atoms in total. The Morgan fingerprint density at radius 2 is 1.97 bits per heavy atom. The van der Waals surface area contributed by atoms with Gasteiger partial charge >= 0.3 is 6.09 Å². The monoisotopic (exact) mass is 431 g/mol. The van der Waals surface area contributed by atoms with Crippen molar-refractivity contribution in [1.29, 1.82) is 0 Å². The molecule has 9 heteroatoms. The van der Waals surface area contributed by atoms with Gasteiger partial charge in [-0.2, -0.15) is 0 Å². The third-order valence-corrected chi connectivity index (χ3v) is 5.30. The second-order valence-electron chi connectivity index (χ2n) is 8.12. The molecular formula is C21H29N5O3S. The van der Waals surface area contributed by atoms with Crippen LogP contribution in [-0.4, -0.2) is 39.4 Å². The lowest BCUT2D eigenvalue weighted by atomic mass is 9.83. The molecule has 0 bridgehead atoms.